The maximum Gasteiger partial charge on any atom is 0.306 e. The van der Waals surface area contributed by atoms with Crippen LogP contribution in [0.15, 0.2) is 77.7 Å². The Morgan fingerprint density at radius 3 is 2.23 bits per heavy atom. The third-order valence-electron chi connectivity index (χ3n) is 5.27. The van der Waals surface area contributed by atoms with E-state index in [0.29, 0.717) is 17.2 Å². The van der Waals surface area contributed by atoms with E-state index in [-0.39, 0.29) is 11.3 Å². The number of fused-ring (bicyclic) bond motifs is 1. The molecule has 3 aromatic rings. The monoisotopic (exact) mass is 440 g/mol. The molecule has 31 heavy (non-hydrogen) atoms. The Bertz CT molecular complexity index is 1210. The van der Waals surface area contributed by atoms with Crippen molar-refractivity contribution in [2.24, 2.45) is 11.5 Å². The van der Waals surface area contributed by atoms with Crippen molar-refractivity contribution in [2.75, 3.05) is 0 Å². The SMILES string of the molecule is NC(CCc1ccccc1)C(=O)[C@@](N)(CC(=O)O)S(=O)(=O)c1cccc2ccccc12. The third kappa shape index (κ3) is 4.51. The normalized spacial score (nSPS) is 14.6. The van der Waals surface area contributed by atoms with Gasteiger partial charge in [0.2, 0.25) is 9.84 Å². The number of hydrogen-bond donors (Lipinski definition) is 3. The topological polar surface area (TPSA) is 141 Å². The van der Waals surface area contributed by atoms with E-state index < -0.39 is 38.9 Å². The number of sulfone groups is 1. The van der Waals surface area contributed by atoms with Crippen molar-refractivity contribution in [1.29, 1.82) is 0 Å². The van der Waals surface area contributed by atoms with Crippen LogP contribution in [0.2, 0.25) is 0 Å². The first kappa shape index (κ1) is 22.6. The summed E-state index contributed by atoms with van der Waals surface area (Å²) >= 11 is 0. The van der Waals surface area contributed by atoms with Crippen molar-refractivity contribution in [3.63, 3.8) is 0 Å². The molecule has 3 rings (SSSR count). The zero-order chi connectivity index (χ0) is 22.6. The molecule has 0 aromatic heterocycles. The van der Waals surface area contributed by atoms with Crippen LogP contribution in [0.4, 0.5) is 0 Å². The van der Waals surface area contributed by atoms with Crippen LogP contribution in [0.1, 0.15) is 18.4 Å². The summed E-state index contributed by atoms with van der Waals surface area (Å²) in [7, 11) is -4.58. The number of Topliss-reactive ketones (excluding diaryl/α,β-unsaturated/α-hetero) is 1. The van der Waals surface area contributed by atoms with Gasteiger partial charge in [-0.05, 0) is 29.9 Å². The van der Waals surface area contributed by atoms with Gasteiger partial charge in [0.25, 0.3) is 0 Å². The Balaban J connectivity index is 2.00. The van der Waals surface area contributed by atoms with Crippen LogP contribution in [0.3, 0.4) is 0 Å². The number of carboxylic acid groups (broad SMARTS) is 1. The van der Waals surface area contributed by atoms with Gasteiger partial charge in [-0.15, -0.1) is 0 Å². The van der Waals surface area contributed by atoms with Crippen LogP contribution in [0, 0.1) is 0 Å². The number of hydrogen-bond acceptors (Lipinski definition) is 6. The molecule has 0 radical (unpaired) electrons. The van der Waals surface area contributed by atoms with Gasteiger partial charge in [-0.2, -0.15) is 0 Å². The summed E-state index contributed by atoms with van der Waals surface area (Å²) in [5.74, 6) is -2.52. The van der Waals surface area contributed by atoms with Gasteiger partial charge in [0, 0.05) is 5.39 Å². The number of aliphatic carboxylic acids is 1. The number of carboxylic acids is 1. The van der Waals surface area contributed by atoms with E-state index >= 15 is 0 Å². The smallest absolute Gasteiger partial charge is 0.306 e. The highest BCUT2D eigenvalue weighted by molar-refractivity contribution is 7.93. The highest BCUT2D eigenvalue weighted by Gasteiger charge is 2.51. The number of carbonyl (C=O) groups excluding carboxylic acids is 1. The lowest BCUT2D eigenvalue weighted by atomic mass is 9.97. The Morgan fingerprint density at radius 1 is 0.935 bits per heavy atom. The maximum atomic E-state index is 13.6. The van der Waals surface area contributed by atoms with Crippen LogP contribution >= 0.6 is 0 Å². The maximum absolute atomic E-state index is 13.6. The van der Waals surface area contributed by atoms with E-state index in [4.69, 9.17) is 11.5 Å². The molecule has 0 aliphatic rings. The summed E-state index contributed by atoms with van der Waals surface area (Å²) in [6, 6.07) is 19.3. The number of carbonyl (C=O) groups is 2. The molecule has 2 atom stereocenters. The minimum absolute atomic E-state index is 0.131. The Morgan fingerprint density at radius 2 is 1.55 bits per heavy atom. The molecule has 0 amide bonds. The summed E-state index contributed by atoms with van der Waals surface area (Å²) < 4.78 is 27.1. The lowest BCUT2D eigenvalue weighted by Crippen LogP contribution is -2.61. The van der Waals surface area contributed by atoms with Gasteiger partial charge < -0.3 is 16.6 Å². The standard InChI is InChI=1S/C23H24N2O5S/c24-19(14-13-16-7-2-1-3-8-16)22(28)23(25,15-21(26)27)31(29,30)20-12-6-10-17-9-4-5-11-18(17)20/h1-12,19H,13-15,24-25H2,(H,26,27)/t19?,23-/m1/s1. The second-order valence-electron chi connectivity index (χ2n) is 7.44. The molecular weight excluding hydrogens is 416 g/mol. The lowest BCUT2D eigenvalue weighted by molar-refractivity contribution is -0.140. The predicted molar refractivity (Wildman–Crippen MR) is 118 cm³/mol. The number of rotatable bonds is 9. The minimum atomic E-state index is -4.58. The van der Waals surface area contributed by atoms with Crippen LogP contribution in [-0.4, -0.2) is 36.2 Å². The van der Waals surface area contributed by atoms with Gasteiger partial charge in [0.15, 0.2) is 10.7 Å². The summed E-state index contributed by atoms with van der Waals surface area (Å²) in [5, 5.41) is 10.4. The summed E-state index contributed by atoms with van der Waals surface area (Å²) in [4.78, 5) is 21.8. The van der Waals surface area contributed by atoms with Crippen molar-refractivity contribution >= 4 is 32.4 Å². The molecule has 8 heteroatoms. The number of benzene rings is 3. The molecule has 7 nitrogen and oxygen atoms in total. The molecule has 0 aliphatic carbocycles. The zero-order valence-electron chi connectivity index (χ0n) is 16.8. The number of ketones is 1. The molecule has 5 N–H and O–H groups in total. The van der Waals surface area contributed by atoms with Crippen LogP contribution in [0.25, 0.3) is 10.8 Å². The van der Waals surface area contributed by atoms with Gasteiger partial charge in [-0.3, -0.25) is 9.59 Å². The molecule has 0 spiro atoms. The van der Waals surface area contributed by atoms with Gasteiger partial charge >= 0.3 is 5.97 Å². The molecule has 162 valence electrons. The van der Waals surface area contributed by atoms with E-state index in [1.807, 2.05) is 30.3 Å². The fraction of sp³-hybridized carbons (Fsp3) is 0.217. The largest absolute Gasteiger partial charge is 0.481 e. The average Bonchev–Trinajstić information content (AvgIpc) is 2.76. The first-order valence-electron chi connectivity index (χ1n) is 9.74. The van der Waals surface area contributed by atoms with Crippen molar-refractivity contribution < 1.29 is 23.1 Å². The molecule has 0 bridgehead atoms. The van der Waals surface area contributed by atoms with Crippen LogP contribution in [0.5, 0.6) is 0 Å². The number of nitrogens with two attached hydrogens (primary N) is 2. The second-order valence-corrected chi connectivity index (χ2v) is 9.61. The average molecular weight is 441 g/mol. The summed E-state index contributed by atoms with van der Waals surface area (Å²) in [6.45, 7) is 0. The van der Waals surface area contributed by atoms with Gasteiger partial charge in [0.1, 0.15) is 0 Å². The van der Waals surface area contributed by atoms with Crippen molar-refractivity contribution in [3.05, 3.63) is 78.4 Å². The Hall–Kier alpha value is -3.07. The van der Waals surface area contributed by atoms with E-state index in [1.165, 1.54) is 12.1 Å². The van der Waals surface area contributed by atoms with Crippen LogP contribution < -0.4 is 11.5 Å². The van der Waals surface area contributed by atoms with Crippen molar-refractivity contribution in [2.45, 2.75) is 35.1 Å². The van der Waals surface area contributed by atoms with E-state index in [9.17, 15) is 23.1 Å². The minimum Gasteiger partial charge on any atom is -0.481 e. The fourth-order valence-corrected chi connectivity index (χ4v) is 5.43. The molecule has 0 saturated carbocycles. The van der Waals surface area contributed by atoms with Crippen molar-refractivity contribution in [3.8, 4) is 0 Å². The molecule has 1 unspecified atom stereocenters. The van der Waals surface area contributed by atoms with Gasteiger partial charge in [-0.25, -0.2) is 8.42 Å². The van der Waals surface area contributed by atoms with Gasteiger partial charge in [-0.1, -0.05) is 66.7 Å². The fourth-order valence-electron chi connectivity index (χ4n) is 3.58. The predicted octanol–water partition coefficient (Wildman–Crippen LogP) is 2.27. The molecule has 0 saturated heterocycles. The van der Waals surface area contributed by atoms with Gasteiger partial charge in [0.05, 0.1) is 17.4 Å². The zero-order valence-corrected chi connectivity index (χ0v) is 17.6. The highest BCUT2D eigenvalue weighted by atomic mass is 32.2. The lowest BCUT2D eigenvalue weighted by Gasteiger charge is -2.29. The van der Waals surface area contributed by atoms with E-state index in [1.54, 1.807) is 30.3 Å². The molecular formula is C23H24N2O5S. The van der Waals surface area contributed by atoms with E-state index in [0.717, 1.165) is 5.56 Å². The van der Waals surface area contributed by atoms with Crippen LogP contribution in [-0.2, 0) is 25.8 Å². The quantitative estimate of drug-likeness (QED) is 0.463. The Labute approximate surface area is 180 Å². The second kappa shape index (κ2) is 8.97. The summed E-state index contributed by atoms with van der Waals surface area (Å²) in [5.41, 5.74) is 13.1. The molecule has 0 aliphatic heterocycles. The van der Waals surface area contributed by atoms with Crippen molar-refractivity contribution in [1.82, 2.24) is 0 Å². The molecule has 3 aromatic carbocycles. The summed E-state index contributed by atoms with van der Waals surface area (Å²) in [6.07, 6.45) is -0.534. The first-order valence-corrected chi connectivity index (χ1v) is 11.2. The Kier molecular flexibility index (Phi) is 6.54. The molecule has 0 fully saturated rings. The highest BCUT2D eigenvalue weighted by Crippen LogP contribution is 2.32. The van der Waals surface area contributed by atoms with E-state index in [2.05, 4.69) is 0 Å². The number of aryl methyl sites for hydroxylation is 1. The third-order valence-corrected chi connectivity index (χ3v) is 7.51. The molecule has 0 heterocycles. The first-order chi connectivity index (χ1) is 14.7.